The Labute approximate surface area is 92.1 Å². The zero-order chi connectivity index (χ0) is 8.67. The summed E-state index contributed by atoms with van der Waals surface area (Å²) in [5, 5.41) is 0. The summed E-state index contributed by atoms with van der Waals surface area (Å²) in [4.78, 5) is 0. The molecule has 3 aliphatic rings. The average Bonchev–Trinajstić information content (AvgIpc) is 2.56. The van der Waals surface area contributed by atoms with Gasteiger partial charge >= 0.3 is 92.3 Å². The van der Waals surface area contributed by atoms with E-state index in [-0.39, 0.29) is 0 Å². The number of alkyl halides is 2. The summed E-state index contributed by atoms with van der Waals surface area (Å²) >= 11 is 0.620. The van der Waals surface area contributed by atoms with Crippen LogP contribution in [0.4, 0.5) is 0 Å². The molecule has 4 atom stereocenters. The second kappa shape index (κ2) is 3.71. The van der Waals surface area contributed by atoms with E-state index in [2.05, 4.69) is 0 Å². The third-order valence-corrected chi connectivity index (χ3v) is 9.28. The summed E-state index contributed by atoms with van der Waals surface area (Å²) in [7, 11) is 0. The van der Waals surface area contributed by atoms with E-state index < -0.39 is 0 Å². The van der Waals surface area contributed by atoms with Gasteiger partial charge in [-0.3, -0.25) is 0 Å². The molecular weight excluding hydrogens is 271 g/mol. The van der Waals surface area contributed by atoms with E-state index in [9.17, 15) is 0 Å². The zero-order valence-electron chi connectivity index (χ0n) is 8.34. The summed E-state index contributed by atoms with van der Waals surface area (Å²) in [6, 6.07) is 0. The summed E-state index contributed by atoms with van der Waals surface area (Å²) < 4.78 is 2.56. The van der Waals surface area contributed by atoms with E-state index in [0.29, 0.717) is 21.2 Å². The Bertz CT molecular complexity index is 170. The summed E-state index contributed by atoms with van der Waals surface area (Å²) in [5.74, 6) is 2.46. The standard InChI is InChI=1S/C12H20I/c1-3-7-11-9(5-1)10-6-2-4-8-12(10)13-11/h9-12H,1-8H2/q-1. The number of hydrogen-bond donors (Lipinski definition) is 0. The van der Waals surface area contributed by atoms with Crippen molar-refractivity contribution in [3.63, 3.8) is 0 Å². The topological polar surface area (TPSA) is 0 Å². The quantitative estimate of drug-likeness (QED) is 0.442. The SMILES string of the molecule is C1CCC2C(C1)[I-]C1CCCCC12. The first-order valence-corrected chi connectivity index (χ1v) is 8.56. The summed E-state index contributed by atoms with van der Waals surface area (Å²) in [5.41, 5.74) is 0. The van der Waals surface area contributed by atoms with Gasteiger partial charge in [0.2, 0.25) is 0 Å². The molecule has 0 bridgehead atoms. The Kier molecular flexibility index (Phi) is 2.57. The van der Waals surface area contributed by atoms with E-state index >= 15 is 0 Å². The van der Waals surface area contributed by atoms with Crippen LogP contribution in [0.25, 0.3) is 0 Å². The first-order chi connectivity index (χ1) is 6.45. The van der Waals surface area contributed by atoms with E-state index in [0.717, 1.165) is 0 Å². The first-order valence-electron chi connectivity index (χ1n) is 6.07. The number of fused-ring (bicyclic) bond motifs is 3. The van der Waals surface area contributed by atoms with Gasteiger partial charge in [0.15, 0.2) is 0 Å². The molecule has 3 rings (SSSR count). The molecule has 0 radical (unpaired) electrons. The summed E-state index contributed by atoms with van der Waals surface area (Å²) in [6.45, 7) is 0. The molecule has 0 amide bonds. The molecule has 0 aromatic rings. The molecule has 0 aromatic carbocycles. The van der Waals surface area contributed by atoms with E-state index in [1.165, 1.54) is 19.7 Å². The van der Waals surface area contributed by atoms with Crippen molar-refractivity contribution in [3.8, 4) is 0 Å². The van der Waals surface area contributed by atoms with Crippen molar-refractivity contribution in [1.29, 1.82) is 0 Å². The summed E-state index contributed by atoms with van der Waals surface area (Å²) in [6.07, 6.45) is 12.8. The van der Waals surface area contributed by atoms with Crippen LogP contribution in [-0.4, -0.2) is 7.85 Å². The van der Waals surface area contributed by atoms with Crippen molar-refractivity contribution in [2.24, 2.45) is 11.8 Å². The van der Waals surface area contributed by atoms with Gasteiger partial charge in [0, 0.05) is 0 Å². The van der Waals surface area contributed by atoms with Crippen LogP contribution in [0, 0.1) is 11.8 Å². The van der Waals surface area contributed by atoms with Crippen molar-refractivity contribution in [2.45, 2.75) is 59.2 Å². The van der Waals surface area contributed by atoms with Crippen LogP contribution in [0.2, 0.25) is 0 Å². The van der Waals surface area contributed by atoms with Gasteiger partial charge in [0.25, 0.3) is 0 Å². The zero-order valence-corrected chi connectivity index (χ0v) is 10.5. The fraction of sp³-hybridized carbons (Fsp3) is 1.00. The van der Waals surface area contributed by atoms with Gasteiger partial charge in [-0.05, 0) is 0 Å². The molecule has 0 aromatic heterocycles. The van der Waals surface area contributed by atoms with Gasteiger partial charge in [-0.25, -0.2) is 0 Å². The van der Waals surface area contributed by atoms with Crippen LogP contribution in [-0.2, 0) is 0 Å². The minimum atomic E-state index is 0.620. The van der Waals surface area contributed by atoms with E-state index in [4.69, 9.17) is 0 Å². The molecule has 1 heterocycles. The predicted octanol–water partition coefficient (Wildman–Crippen LogP) is 0.207. The van der Waals surface area contributed by atoms with Crippen molar-refractivity contribution >= 4 is 0 Å². The Balaban J connectivity index is 1.76. The van der Waals surface area contributed by atoms with Gasteiger partial charge in [-0.2, -0.15) is 0 Å². The molecule has 0 nitrogen and oxygen atoms in total. The van der Waals surface area contributed by atoms with E-state index in [1.54, 1.807) is 51.4 Å². The van der Waals surface area contributed by atoms with Gasteiger partial charge in [0.05, 0.1) is 0 Å². The Hall–Kier alpha value is 0.730. The maximum atomic E-state index is 1.63. The fourth-order valence-electron chi connectivity index (χ4n) is 3.71. The molecule has 1 heteroatoms. The van der Waals surface area contributed by atoms with Gasteiger partial charge < -0.3 is 0 Å². The molecule has 0 spiro atoms. The van der Waals surface area contributed by atoms with Crippen molar-refractivity contribution in [1.82, 2.24) is 0 Å². The Morgan fingerprint density at radius 2 is 1.08 bits per heavy atom. The number of rotatable bonds is 0. The first kappa shape index (κ1) is 8.99. The molecular formula is C12H20I-. The van der Waals surface area contributed by atoms with Crippen LogP contribution in [0.15, 0.2) is 0 Å². The second-order valence-corrected chi connectivity index (χ2v) is 8.97. The van der Waals surface area contributed by atoms with Gasteiger partial charge in [0.1, 0.15) is 0 Å². The molecule has 13 heavy (non-hydrogen) atoms. The van der Waals surface area contributed by atoms with Crippen LogP contribution in [0.1, 0.15) is 51.4 Å². The molecule has 3 fully saturated rings. The molecule has 2 aliphatic carbocycles. The predicted molar refractivity (Wildman–Crippen MR) is 51.5 cm³/mol. The maximum absolute atomic E-state index is 1.63. The van der Waals surface area contributed by atoms with Crippen LogP contribution < -0.4 is 21.2 Å². The monoisotopic (exact) mass is 291 g/mol. The number of hydrogen-bond acceptors (Lipinski definition) is 0. The van der Waals surface area contributed by atoms with Gasteiger partial charge in [-0.15, -0.1) is 0 Å². The molecule has 0 N–H and O–H groups in total. The average molecular weight is 291 g/mol. The van der Waals surface area contributed by atoms with Gasteiger partial charge in [-0.1, -0.05) is 0 Å². The fourth-order valence-corrected chi connectivity index (χ4v) is 9.35. The molecule has 1 saturated heterocycles. The molecule has 1 aliphatic heterocycles. The minimum absolute atomic E-state index is 0.620. The van der Waals surface area contributed by atoms with Crippen LogP contribution >= 0.6 is 0 Å². The van der Waals surface area contributed by atoms with E-state index in [1.807, 2.05) is 0 Å². The normalized spacial score (nSPS) is 50.5. The molecule has 2 saturated carbocycles. The van der Waals surface area contributed by atoms with Crippen molar-refractivity contribution in [2.75, 3.05) is 0 Å². The Morgan fingerprint density at radius 3 is 1.62 bits per heavy atom. The number of halogens is 1. The third kappa shape index (κ3) is 1.55. The molecule has 4 unspecified atom stereocenters. The van der Waals surface area contributed by atoms with Crippen LogP contribution in [0.5, 0.6) is 0 Å². The molecule has 76 valence electrons. The van der Waals surface area contributed by atoms with Crippen molar-refractivity contribution in [3.05, 3.63) is 0 Å². The third-order valence-electron chi connectivity index (χ3n) is 4.34. The van der Waals surface area contributed by atoms with Crippen LogP contribution in [0.3, 0.4) is 0 Å². The Morgan fingerprint density at radius 1 is 0.615 bits per heavy atom. The van der Waals surface area contributed by atoms with Crippen molar-refractivity contribution < 1.29 is 21.2 Å². The second-order valence-electron chi connectivity index (χ2n) is 5.05.